The molecule has 1 unspecified atom stereocenters. The molecule has 3 nitrogen and oxygen atoms in total. The average Bonchev–Trinajstić information content (AvgIpc) is 2.20. The summed E-state index contributed by atoms with van der Waals surface area (Å²) in [7, 11) is 0. The Hall–Kier alpha value is -0.400. The third kappa shape index (κ3) is 2.15. The number of nitrogens with two attached hydrogens (primary N) is 1. The third-order valence-electron chi connectivity index (χ3n) is 2.11. The Balaban J connectivity index is 2.55. The summed E-state index contributed by atoms with van der Waals surface area (Å²) >= 11 is 0. The van der Waals surface area contributed by atoms with Gasteiger partial charge in [-0.1, -0.05) is 0 Å². The Kier molecular flexibility index (Phi) is 3.03. The molecule has 0 aromatic rings. The van der Waals surface area contributed by atoms with Gasteiger partial charge >= 0.3 is 11.8 Å². The predicted octanol–water partition coefficient (Wildman–Crippen LogP) is -0.108. The number of rotatable bonds is 3. The Morgan fingerprint density at radius 2 is 1.64 bits per heavy atom. The van der Waals surface area contributed by atoms with Crippen molar-refractivity contribution in [1.82, 2.24) is 4.90 Å². The van der Waals surface area contributed by atoms with Crippen LogP contribution in [-0.2, 0) is 0 Å². The van der Waals surface area contributed by atoms with Gasteiger partial charge in [-0.05, 0) is 0 Å². The number of likely N-dealkylation sites (tertiary alicyclic amines) is 1. The molecule has 7 heteroatoms. The summed E-state index contributed by atoms with van der Waals surface area (Å²) < 4.78 is 50.5. The van der Waals surface area contributed by atoms with E-state index in [9.17, 15) is 17.6 Å². The van der Waals surface area contributed by atoms with Crippen molar-refractivity contribution in [2.24, 2.45) is 5.73 Å². The Morgan fingerprint density at radius 1 is 1.21 bits per heavy atom. The standard InChI is InChI=1S/C7H12F4N2O/c8-6(9)3-13(1-5(12)2-14)4-7(6,10)11/h5,14H,1-4,12H2. The van der Waals surface area contributed by atoms with Crippen LogP contribution in [0.25, 0.3) is 0 Å². The van der Waals surface area contributed by atoms with Crippen LogP contribution in [0, 0.1) is 0 Å². The van der Waals surface area contributed by atoms with E-state index in [-0.39, 0.29) is 6.54 Å². The van der Waals surface area contributed by atoms with Gasteiger partial charge in [-0.3, -0.25) is 4.90 Å². The first-order valence-corrected chi connectivity index (χ1v) is 4.13. The number of hydrogen-bond donors (Lipinski definition) is 2. The molecular formula is C7H12F4N2O. The molecule has 1 saturated heterocycles. The molecule has 1 rings (SSSR count). The number of nitrogens with zero attached hydrogens (tertiary/aromatic N) is 1. The summed E-state index contributed by atoms with van der Waals surface area (Å²) in [5, 5.41) is 8.53. The van der Waals surface area contributed by atoms with E-state index in [0.717, 1.165) is 4.90 Å². The molecule has 1 atom stereocenters. The predicted molar refractivity (Wildman–Crippen MR) is 41.4 cm³/mol. The van der Waals surface area contributed by atoms with E-state index in [0.29, 0.717) is 0 Å². The van der Waals surface area contributed by atoms with Crippen molar-refractivity contribution in [2.75, 3.05) is 26.2 Å². The summed E-state index contributed by atoms with van der Waals surface area (Å²) in [4.78, 5) is 0.862. The fourth-order valence-electron chi connectivity index (χ4n) is 1.37. The highest BCUT2D eigenvalue weighted by Gasteiger charge is 2.62. The second kappa shape index (κ2) is 3.63. The van der Waals surface area contributed by atoms with Crippen LogP contribution in [-0.4, -0.2) is 54.1 Å². The fraction of sp³-hybridized carbons (Fsp3) is 1.00. The van der Waals surface area contributed by atoms with Crippen LogP contribution in [0.3, 0.4) is 0 Å². The molecule has 0 saturated carbocycles. The van der Waals surface area contributed by atoms with Gasteiger partial charge in [0.1, 0.15) is 0 Å². The van der Waals surface area contributed by atoms with Crippen LogP contribution in [0.2, 0.25) is 0 Å². The minimum Gasteiger partial charge on any atom is -0.395 e. The molecule has 1 aliphatic rings. The van der Waals surface area contributed by atoms with Crippen LogP contribution < -0.4 is 5.73 Å². The van der Waals surface area contributed by atoms with E-state index in [4.69, 9.17) is 10.8 Å². The van der Waals surface area contributed by atoms with E-state index in [1.165, 1.54) is 0 Å². The van der Waals surface area contributed by atoms with Gasteiger partial charge in [-0.15, -0.1) is 0 Å². The van der Waals surface area contributed by atoms with E-state index in [1.807, 2.05) is 0 Å². The molecule has 0 bridgehead atoms. The monoisotopic (exact) mass is 216 g/mol. The molecule has 1 heterocycles. The smallest absolute Gasteiger partial charge is 0.323 e. The SMILES string of the molecule is NC(CO)CN1CC(F)(F)C(F)(F)C1. The first-order valence-electron chi connectivity index (χ1n) is 4.13. The largest absolute Gasteiger partial charge is 0.395 e. The highest BCUT2D eigenvalue weighted by atomic mass is 19.3. The lowest BCUT2D eigenvalue weighted by molar-refractivity contribution is -0.172. The third-order valence-corrected chi connectivity index (χ3v) is 2.11. The Bertz CT molecular complexity index is 196. The van der Waals surface area contributed by atoms with Crippen LogP contribution in [0.4, 0.5) is 17.6 Å². The molecule has 0 aromatic carbocycles. The molecule has 14 heavy (non-hydrogen) atoms. The minimum atomic E-state index is -4.00. The second-order valence-electron chi connectivity index (χ2n) is 3.52. The lowest BCUT2D eigenvalue weighted by Crippen LogP contribution is -2.39. The molecule has 1 fully saturated rings. The number of hydrogen-bond acceptors (Lipinski definition) is 3. The summed E-state index contributed by atoms with van der Waals surface area (Å²) in [6, 6.07) is -0.764. The first kappa shape index (κ1) is 11.7. The van der Waals surface area contributed by atoms with E-state index < -0.39 is 37.6 Å². The molecule has 0 radical (unpaired) electrons. The van der Waals surface area contributed by atoms with Gasteiger partial charge < -0.3 is 10.8 Å². The maximum Gasteiger partial charge on any atom is 0.323 e. The van der Waals surface area contributed by atoms with Crippen molar-refractivity contribution in [3.63, 3.8) is 0 Å². The molecule has 3 N–H and O–H groups in total. The number of halogens is 4. The molecule has 0 spiro atoms. The highest BCUT2D eigenvalue weighted by Crippen LogP contribution is 2.40. The van der Waals surface area contributed by atoms with Gasteiger partial charge in [-0.25, -0.2) is 0 Å². The van der Waals surface area contributed by atoms with Crippen molar-refractivity contribution in [1.29, 1.82) is 0 Å². The molecule has 0 amide bonds. The normalized spacial score (nSPS) is 27.9. The fourth-order valence-corrected chi connectivity index (χ4v) is 1.37. The summed E-state index contributed by atoms with van der Waals surface area (Å²) in [6.07, 6.45) is 0. The number of aliphatic hydroxyl groups excluding tert-OH is 1. The van der Waals surface area contributed by atoms with Crippen LogP contribution in [0.5, 0.6) is 0 Å². The summed E-state index contributed by atoms with van der Waals surface area (Å²) in [6.45, 7) is -2.57. The van der Waals surface area contributed by atoms with Gasteiger partial charge in [0.25, 0.3) is 0 Å². The summed E-state index contributed by atoms with van der Waals surface area (Å²) in [5.41, 5.74) is 5.25. The average molecular weight is 216 g/mol. The number of alkyl halides is 4. The molecule has 0 aromatic heterocycles. The van der Waals surface area contributed by atoms with Gasteiger partial charge in [0.05, 0.1) is 19.7 Å². The highest BCUT2D eigenvalue weighted by molar-refractivity contribution is 4.97. The Labute approximate surface area is 78.5 Å². The van der Waals surface area contributed by atoms with Crippen LogP contribution >= 0.6 is 0 Å². The quantitative estimate of drug-likeness (QED) is 0.647. The van der Waals surface area contributed by atoms with Gasteiger partial charge in [0, 0.05) is 12.6 Å². The zero-order valence-electron chi connectivity index (χ0n) is 7.39. The van der Waals surface area contributed by atoms with Crippen molar-refractivity contribution in [3.8, 4) is 0 Å². The zero-order chi connectivity index (χ0) is 11.0. The van der Waals surface area contributed by atoms with Crippen LogP contribution in [0.15, 0.2) is 0 Å². The maximum atomic E-state index is 12.6. The minimum absolute atomic E-state index is 0.151. The van der Waals surface area contributed by atoms with Crippen LogP contribution in [0.1, 0.15) is 0 Å². The van der Waals surface area contributed by atoms with E-state index >= 15 is 0 Å². The maximum absolute atomic E-state index is 12.6. The zero-order valence-corrected chi connectivity index (χ0v) is 7.39. The molecular weight excluding hydrogens is 204 g/mol. The van der Waals surface area contributed by atoms with E-state index in [1.54, 1.807) is 0 Å². The van der Waals surface area contributed by atoms with Crippen molar-refractivity contribution < 1.29 is 22.7 Å². The molecule has 1 aliphatic heterocycles. The first-order chi connectivity index (χ1) is 6.28. The molecule has 0 aliphatic carbocycles. The Morgan fingerprint density at radius 3 is 2.00 bits per heavy atom. The van der Waals surface area contributed by atoms with E-state index in [2.05, 4.69) is 0 Å². The van der Waals surface area contributed by atoms with Gasteiger partial charge in [-0.2, -0.15) is 17.6 Å². The van der Waals surface area contributed by atoms with Gasteiger partial charge in [0.2, 0.25) is 0 Å². The van der Waals surface area contributed by atoms with Gasteiger partial charge in [0.15, 0.2) is 0 Å². The topological polar surface area (TPSA) is 49.5 Å². The van der Waals surface area contributed by atoms with Crippen molar-refractivity contribution in [2.45, 2.75) is 17.9 Å². The summed E-state index contributed by atoms with van der Waals surface area (Å²) in [5.74, 6) is -8.00. The lowest BCUT2D eigenvalue weighted by atomic mass is 10.2. The second-order valence-corrected chi connectivity index (χ2v) is 3.52. The lowest BCUT2D eigenvalue weighted by Gasteiger charge is -2.17. The van der Waals surface area contributed by atoms with Crippen molar-refractivity contribution in [3.05, 3.63) is 0 Å². The molecule has 84 valence electrons. The number of aliphatic hydroxyl groups is 1. The van der Waals surface area contributed by atoms with Crippen molar-refractivity contribution >= 4 is 0 Å².